The van der Waals surface area contributed by atoms with E-state index >= 15 is 0 Å². The molecule has 0 bridgehead atoms. The second-order valence-electron chi connectivity index (χ2n) is 15.7. The molecule has 0 fully saturated rings. The zero-order valence-electron chi connectivity index (χ0n) is 31.9. The van der Waals surface area contributed by atoms with Gasteiger partial charge in [0, 0.05) is 60.4 Å². The third-order valence-corrected chi connectivity index (χ3v) is 12.4. The highest BCUT2D eigenvalue weighted by molar-refractivity contribution is 6.25. The number of pyridine rings is 1. The number of rotatable bonds is 5. The summed E-state index contributed by atoms with van der Waals surface area (Å²) in [6, 6.07) is 54.7. The predicted molar refractivity (Wildman–Crippen MR) is 244 cm³/mol. The summed E-state index contributed by atoms with van der Waals surface area (Å²) < 4.78 is 9.03. The Labute approximate surface area is 336 Å². The van der Waals surface area contributed by atoms with E-state index in [1.54, 1.807) is 0 Å². The van der Waals surface area contributed by atoms with Crippen molar-refractivity contribution in [2.45, 2.75) is 25.2 Å². The number of hydrogen-bond acceptors (Lipinski definition) is 2. The number of fused-ring (bicyclic) bond motifs is 9. The van der Waals surface area contributed by atoms with Gasteiger partial charge in [-0.15, -0.1) is 0 Å². The molecule has 10 aromatic rings. The van der Waals surface area contributed by atoms with Crippen LogP contribution in [0.15, 0.2) is 193 Å². The van der Waals surface area contributed by atoms with Crippen LogP contribution in [0.1, 0.15) is 41.9 Å². The Balaban J connectivity index is 0.969. The summed E-state index contributed by atoms with van der Waals surface area (Å²) in [6.45, 7) is 0. The van der Waals surface area contributed by atoms with Crippen LogP contribution in [0.5, 0.6) is 0 Å². The van der Waals surface area contributed by atoms with Crippen LogP contribution in [0, 0.1) is 0 Å². The minimum atomic E-state index is 0.247. The largest absolute Gasteiger partial charge is 0.456 e. The predicted octanol–water partition coefficient (Wildman–Crippen LogP) is 14.9. The molecular formula is C55H38N2O. The number of hydrogen-bond donors (Lipinski definition) is 0. The molecule has 0 spiro atoms. The number of furan rings is 1. The molecule has 274 valence electrons. The second-order valence-corrected chi connectivity index (χ2v) is 15.7. The standard InChI is InChI=1S/C55H38N2O/c1-3-15-36(16-4-1)51-53-42-21-7-10-25-46(42)56-55(45(53)34-50-54(51)44-23-9-12-28-49(44)58-50)37-31-29-35(30-32-37)38-17-13-18-39(33-38)41-24-14-27-48-52(41)43-22-8-11-26-47(43)57(48)40-19-5-2-6-20-40/h2-3,5-32,34,39H,1,4,33H2. The Morgan fingerprint density at radius 1 is 0.586 bits per heavy atom. The molecule has 3 heteroatoms. The lowest BCUT2D eigenvalue weighted by molar-refractivity contribution is 0.669. The summed E-state index contributed by atoms with van der Waals surface area (Å²) in [7, 11) is 0. The fourth-order valence-electron chi connectivity index (χ4n) is 9.78. The molecule has 0 aliphatic heterocycles. The van der Waals surface area contributed by atoms with Crippen molar-refractivity contribution in [2.75, 3.05) is 0 Å². The Morgan fingerprint density at radius 3 is 2.21 bits per heavy atom. The van der Waals surface area contributed by atoms with Crippen LogP contribution in [0.2, 0.25) is 0 Å². The maximum atomic E-state index is 6.62. The molecule has 3 aromatic heterocycles. The Kier molecular flexibility index (Phi) is 7.49. The minimum Gasteiger partial charge on any atom is -0.456 e. The smallest absolute Gasteiger partial charge is 0.136 e. The molecule has 0 amide bonds. The van der Waals surface area contributed by atoms with Crippen LogP contribution in [0.25, 0.3) is 93.5 Å². The van der Waals surface area contributed by atoms with Crippen molar-refractivity contribution < 1.29 is 4.42 Å². The summed E-state index contributed by atoms with van der Waals surface area (Å²) in [5.74, 6) is 0.247. The van der Waals surface area contributed by atoms with Gasteiger partial charge in [-0.05, 0) is 84.0 Å². The number of aromatic nitrogens is 2. The van der Waals surface area contributed by atoms with E-state index in [9.17, 15) is 0 Å². The van der Waals surface area contributed by atoms with Gasteiger partial charge in [0.1, 0.15) is 11.2 Å². The van der Waals surface area contributed by atoms with E-state index in [1.807, 2.05) is 0 Å². The highest BCUT2D eigenvalue weighted by Crippen LogP contribution is 2.46. The van der Waals surface area contributed by atoms with Gasteiger partial charge in [0.25, 0.3) is 0 Å². The fraction of sp³-hybridized carbons (Fsp3) is 0.0727. The van der Waals surface area contributed by atoms with E-state index in [1.165, 1.54) is 66.1 Å². The molecule has 1 atom stereocenters. The highest BCUT2D eigenvalue weighted by atomic mass is 16.3. The van der Waals surface area contributed by atoms with Gasteiger partial charge < -0.3 is 8.98 Å². The SMILES string of the molecule is C1=CC(c2cccc3c2c2ccccc2n3-c2ccccc2)CC(c2ccc(-c3nc4ccccc4c4c(C5=CCCC=C5)c5c(cc34)oc3ccccc35)cc2)=C1. The molecule has 0 N–H and O–H groups in total. The van der Waals surface area contributed by atoms with E-state index < -0.39 is 0 Å². The topological polar surface area (TPSA) is 31.0 Å². The van der Waals surface area contributed by atoms with Gasteiger partial charge in [0.2, 0.25) is 0 Å². The zero-order chi connectivity index (χ0) is 38.2. The van der Waals surface area contributed by atoms with E-state index in [0.29, 0.717) is 0 Å². The quantitative estimate of drug-likeness (QED) is 0.164. The lowest BCUT2D eigenvalue weighted by Crippen LogP contribution is -2.02. The summed E-state index contributed by atoms with van der Waals surface area (Å²) >= 11 is 0. The van der Waals surface area contributed by atoms with E-state index in [4.69, 9.17) is 9.40 Å². The first-order chi connectivity index (χ1) is 28.8. The summed E-state index contributed by atoms with van der Waals surface area (Å²) in [5.41, 5.74) is 14.9. The molecule has 58 heavy (non-hydrogen) atoms. The highest BCUT2D eigenvalue weighted by Gasteiger charge is 2.24. The van der Waals surface area contributed by atoms with Crippen molar-refractivity contribution >= 4 is 76.6 Å². The van der Waals surface area contributed by atoms with Gasteiger partial charge in [-0.1, -0.05) is 146 Å². The molecule has 12 rings (SSSR count). The first-order valence-corrected chi connectivity index (χ1v) is 20.4. The number of allylic oxidation sites excluding steroid dienone is 8. The van der Waals surface area contributed by atoms with Crippen molar-refractivity contribution in [2.24, 2.45) is 0 Å². The summed E-state index contributed by atoms with van der Waals surface area (Å²) in [5, 5.41) is 8.44. The fourth-order valence-corrected chi connectivity index (χ4v) is 9.78. The van der Waals surface area contributed by atoms with Crippen LogP contribution in [-0.2, 0) is 0 Å². The molecule has 0 saturated carbocycles. The van der Waals surface area contributed by atoms with E-state index in [-0.39, 0.29) is 5.92 Å². The van der Waals surface area contributed by atoms with Gasteiger partial charge in [0.05, 0.1) is 22.2 Å². The van der Waals surface area contributed by atoms with Gasteiger partial charge in [-0.3, -0.25) is 0 Å². The third-order valence-electron chi connectivity index (χ3n) is 12.4. The van der Waals surface area contributed by atoms with Crippen molar-refractivity contribution in [1.82, 2.24) is 9.55 Å². The van der Waals surface area contributed by atoms with E-state index in [2.05, 4.69) is 193 Å². The molecule has 3 heterocycles. The summed E-state index contributed by atoms with van der Waals surface area (Å²) in [6.07, 6.45) is 16.9. The Bertz CT molecular complexity index is 3410. The first-order valence-electron chi connectivity index (χ1n) is 20.4. The van der Waals surface area contributed by atoms with Gasteiger partial charge in [-0.25, -0.2) is 4.98 Å². The van der Waals surface area contributed by atoms with Gasteiger partial charge in [-0.2, -0.15) is 0 Å². The maximum Gasteiger partial charge on any atom is 0.136 e. The van der Waals surface area contributed by atoms with Gasteiger partial charge in [0.15, 0.2) is 0 Å². The van der Waals surface area contributed by atoms with Gasteiger partial charge >= 0.3 is 0 Å². The number of benzene rings is 7. The molecule has 1 unspecified atom stereocenters. The maximum absolute atomic E-state index is 6.62. The molecule has 2 aliphatic carbocycles. The zero-order valence-corrected chi connectivity index (χ0v) is 31.9. The second kappa shape index (κ2) is 13.2. The summed E-state index contributed by atoms with van der Waals surface area (Å²) in [4.78, 5) is 5.39. The molecular weight excluding hydrogens is 705 g/mol. The van der Waals surface area contributed by atoms with Crippen LogP contribution in [-0.4, -0.2) is 9.55 Å². The Morgan fingerprint density at radius 2 is 1.34 bits per heavy atom. The Hall–Kier alpha value is -7.23. The van der Waals surface area contributed by atoms with Crippen molar-refractivity contribution in [1.29, 1.82) is 0 Å². The van der Waals surface area contributed by atoms with E-state index in [0.717, 1.165) is 63.4 Å². The minimum absolute atomic E-state index is 0.247. The lowest BCUT2D eigenvalue weighted by atomic mass is 9.83. The normalized spacial score (nSPS) is 15.6. The molecule has 0 saturated heterocycles. The van der Waals surface area contributed by atoms with Crippen molar-refractivity contribution in [3.63, 3.8) is 0 Å². The third kappa shape index (κ3) is 5.10. The number of nitrogens with zero attached hydrogens (tertiary/aromatic N) is 2. The van der Waals surface area contributed by atoms with Crippen molar-refractivity contribution in [3.8, 4) is 16.9 Å². The monoisotopic (exact) mass is 742 g/mol. The van der Waals surface area contributed by atoms with Crippen LogP contribution >= 0.6 is 0 Å². The van der Waals surface area contributed by atoms with Crippen LogP contribution in [0.4, 0.5) is 0 Å². The van der Waals surface area contributed by atoms with Crippen molar-refractivity contribution in [3.05, 3.63) is 205 Å². The van der Waals surface area contributed by atoms with Crippen LogP contribution < -0.4 is 0 Å². The van der Waals surface area contributed by atoms with Crippen LogP contribution in [0.3, 0.4) is 0 Å². The molecule has 0 radical (unpaired) electrons. The molecule has 3 nitrogen and oxygen atoms in total. The first kappa shape index (κ1) is 33.0. The molecule has 2 aliphatic rings. The number of para-hydroxylation sites is 4. The average Bonchev–Trinajstić information content (AvgIpc) is 3.84. The average molecular weight is 743 g/mol. The molecule has 7 aromatic carbocycles. The lowest BCUT2D eigenvalue weighted by Gasteiger charge is -2.21.